The van der Waals surface area contributed by atoms with Crippen LogP contribution in [-0.2, 0) is 9.53 Å². The number of nitrogens with two attached hydrogens (primary N) is 1. The van der Waals surface area contributed by atoms with Crippen LogP contribution in [-0.4, -0.2) is 18.1 Å². The summed E-state index contributed by atoms with van der Waals surface area (Å²) in [5.74, 6) is 0.258. The molecule has 3 nitrogen and oxygen atoms in total. The van der Waals surface area contributed by atoms with Gasteiger partial charge in [0.05, 0.1) is 6.42 Å². The molecule has 2 N–H and O–H groups in total. The molecule has 0 radical (unpaired) electrons. The van der Waals surface area contributed by atoms with E-state index < -0.39 is 0 Å². The molecule has 11 heavy (non-hydrogen) atoms. The molecule has 1 saturated heterocycles. The molecule has 0 spiro atoms. The van der Waals surface area contributed by atoms with E-state index in [1.165, 1.54) is 0 Å². The van der Waals surface area contributed by atoms with Gasteiger partial charge in [-0.2, -0.15) is 0 Å². The maximum Gasteiger partial charge on any atom is 0.306 e. The van der Waals surface area contributed by atoms with Crippen LogP contribution in [0.25, 0.3) is 0 Å². The zero-order chi connectivity index (χ0) is 7.84. The Hall–Kier alpha value is -0.570. The first-order valence-electron chi connectivity index (χ1n) is 4.22. The number of carbonyl (C=O) groups is 1. The van der Waals surface area contributed by atoms with Crippen molar-refractivity contribution in [2.24, 2.45) is 11.7 Å². The molecule has 3 heteroatoms. The van der Waals surface area contributed by atoms with Crippen molar-refractivity contribution in [2.75, 3.05) is 0 Å². The van der Waals surface area contributed by atoms with E-state index in [1.54, 1.807) is 0 Å². The van der Waals surface area contributed by atoms with Gasteiger partial charge < -0.3 is 10.5 Å². The second-order valence-electron chi connectivity index (χ2n) is 3.49. The van der Waals surface area contributed by atoms with Gasteiger partial charge in [-0.05, 0) is 19.3 Å². The maximum absolute atomic E-state index is 10.9. The first kappa shape index (κ1) is 7.10. The zero-order valence-corrected chi connectivity index (χ0v) is 6.45. The highest BCUT2D eigenvalue weighted by Crippen LogP contribution is 2.33. The second kappa shape index (κ2) is 2.48. The summed E-state index contributed by atoms with van der Waals surface area (Å²) in [5, 5.41) is 0. The van der Waals surface area contributed by atoms with Crippen LogP contribution in [0.15, 0.2) is 0 Å². The standard InChI is InChI=1S/C8H13NO2/c9-6-2-1-3-7-5(6)4-8(10)11-7/h5-7H,1-4,9H2. The summed E-state index contributed by atoms with van der Waals surface area (Å²) in [4.78, 5) is 10.9. The van der Waals surface area contributed by atoms with Gasteiger partial charge in [-0.25, -0.2) is 0 Å². The quantitative estimate of drug-likeness (QED) is 0.516. The topological polar surface area (TPSA) is 52.3 Å². The largest absolute Gasteiger partial charge is 0.462 e. The molecule has 1 saturated carbocycles. The molecular formula is C8H13NO2. The molecule has 1 aliphatic carbocycles. The monoisotopic (exact) mass is 155 g/mol. The second-order valence-corrected chi connectivity index (χ2v) is 3.49. The summed E-state index contributed by atoms with van der Waals surface area (Å²) in [7, 11) is 0. The highest BCUT2D eigenvalue weighted by Gasteiger charge is 2.40. The highest BCUT2D eigenvalue weighted by atomic mass is 16.5. The van der Waals surface area contributed by atoms with Crippen LogP contribution in [0.3, 0.4) is 0 Å². The maximum atomic E-state index is 10.9. The fourth-order valence-electron chi connectivity index (χ4n) is 2.10. The minimum atomic E-state index is -0.0580. The third-order valence-corrected chi connectivity index (χ3v) is 2.74. The van der Waals surface area contributed by atoms with Crippen molar-refractivity contribution in [1.82, 2.24) is 0 Å². The Labute approximate surface area is 65.9 Å². The van der Waals surface area contributed by atoms with Crippen molar-refractivity contribution in [3.8, 4) is 0 Å². The predicted octanol–water partition coefficient (Wildman–Crippen LogP) is 0.429. The van der Waals surface area contributed by atoms with Gasteiger partial charge in [-0.3, -0.25) is 4.79 Å². The van der Waals surface area contributed by atoms with Crippen LogP contribution in [0.1, 0.15) is 25.7 Å². The average molecular weight is 155 g/mol. The Morgan fingerprint density at radius 3 is 3.00 bits per heavy atom. The van der Waals surface area contributed by atoms with Gasteiger partial charge in [-0.1, -0.05) is 0 Å². The number of ether oxygens (including phenoxy) is 1. The number of hydrogen-bond acceptors (Lipinski definition) is 3. The molecule has 0 aromatic heterocycles. The van der Waals surface area contributed by atoms with Gasteiger partial charge in [-0.15, -0.1) is 0 Å². The van der Waals surface area contributed by atoms with Crippen LogP contribution in [0, 0.1) is 5.92 Å². The van der Waals surface area contributed by atoms with Gasteiger partial charge >= 0.3 is 5.97 Å². The molecule has 0 bridgehead atoms. The van der Waals surface area contributed by atoms with Crippen LogP contribution >= 0.6 is 0 Å². The molecule has 0 aromatic rings. The lowest BCUT2D eigenvalue weighted by Crippen LogP contribution is -2.38. The summed E-state index contributed by atoms with van der Waals surface area (Å²) in [6, 6.07) is 0.195. The van der Waals surface area contributed by atoms with Crippen molar-refractivity contribution < 1.29 is 9.53 Å². The van der Waals surface area contributed by atoms with Crippen LogP contribution in [0.4, 0.5) is 0 Å². The molecule has 0 aromatic carbocycles. The van der Waals surface area contributed by atoms with E-state index >= 15 is 0 Å². The van der Waals surface area contributed by atoms with Crippen molar-refractivity contribution in [1.29, 1.82) is 0 Å². The molecule has 1 heterocycles. The minimum absolute atomic E-state index is 0.0580. The number of esters is 1. The molecule has 2 rings (SSSR count). The average Bonchev–Trinajstić information content (AvgIpc) is 2.31. The Kier molecular flexibility index (Phi) is 1.60. The first-order valence-corrected chi connectivity index (χ1v) is 4.22. The number of rotatable bonds is 0. The van der Waals surface area contributed by atoms with Gasteiger partial charge in [0.25, 0.3) is 0 Å². The molecule has 2 aliphatic rings. The normalized spacial score (nSPS) is 43.4. The summed E-state index contributed by atoms with van der Waals surface area (Å²) in [5.41, 5.74) is 5.85. The van der Waals surface area contributed by atoms with E-state index in [9.17, 15) is 4.79 Å². The smallest absolute Gasteiger partial charge is 0.306 e. The molecule has 1 aliphatic heterocycles. The lowest BCUT2D eigenvalue weighted by molar-refractivity contribution is -0.142. The van der Waals surface area contributed by atoms with E-state index in [0.717, 1.165) is 19.3 Å². The molecule has 0 amide bonds. The summed E-state index contributed by atoms with van der Waals surface area (Å²) >= 11 is 0. The molecule has 62 valence electrons. The van der Waals surface area contributed by atoms with E-state index in [0.29, 0.717) is 12.3 Å². The Morgan fingerprint density at radius 1 is 1.45 bits per heavy atom. The Morgan fingerprint density at radius 2 is 2.27 bits per heavy atom. The molecule has 3 atom stereocenters. The summed E-state index contributed by atoms with van der Waals surface area (Å²) in [6.45, 7) is 0. The number of hydrogen-bond donors (Lipinski definition) is 1. The Balaban J connectivity index is 2.09. The number of carbonyl (C=O) groups excluding carboxylic acids is 1. The predicted molar refractivity (Wildman–Crippen MR) is 39.8 cm³/mol. The first-order chi connectivity index (χ1) is 5.27. The minimum Gasteiger partial charge on any atom is -0.462 e. The fraction of sp³-hybridized carbons (Fsp3) is 0.875. The van der Waals surface area contributed by atoms with Crippen molar-refractivity contribution in [2.45, 2.75) is 37.8 Å². The summed E-state index contributed by atoms with van der Waals surface area (Å²) < 4.78 is 5.12. The van der Waals surface area contributed by atoms with Crippen LogP contribution in [0.5, 0.6) is 0 Å². The van der Waals surface area contributed by atoms with Crippen molar-refractivity contribution >= 4 is 5.97 Å². The SMILES string of the molecule is NC1CCCC2OC(=O)CC12. The third kappa shape index (κ3) is 1.13. The number of fused-ring (bicyclic) bond motifs is 1. The third-order valence-electron chi connectivity index (χ3n) is 2.74. The fourth-order valence-corrected chi connectivity index (χ4v) is 2.10. The summed E-state index contributed by atoms with van der Waals surface area (Å²) in [6.07, 6.45) is 3.87. The van der Waals surface area contributed by atoms with Gasteiger partial charge in [0.15, 0.2) is 0 Å². The zero-order valence-electron chi connectivity index (χ0n) is 6.45. The van der Waals surface area contributed by atoms with E-state index in [1.807, 2.05) is 0 Å². The van der Waals surface area contributed by atoms with Gasteiger partial charge in [0.1, 0.15) is 6.10 Å². The Bertz CT molecular complexity index is 181. The molecular weight excluding hydrogens is 142 g/mol. The van der Waals surface area contributed by atoms with Crippen molar-refractivity contribution in [3.63, 3.8) is 0 Å². The van der Waals surface area contributed by atoms with E-state index in [4.69, 9.17) is 10.5 Å². The van der Waals surface area contributed by atoms with Crippen molar-refractivity contribution in [3.05, 3.63) is 0 Å². The van der Waals surface area contributed by atoms with Gasteiger partial charge in [0, 0.05) is 12.0 Å². The van der Waals surface area contributed by atoms with E-state index in [-0.39, 0.29) is 18.1 Å². The lowest BCUT2D eigenvalue weighted by atomic mass is 9.82. The lowest BCUT2D eigenvalue weighted by Gasteiger charge is -2.28. The molecule has 3 unspecified atom stereocenters. The van der Waals surface area contributed by atoms with Crippen LogP contribution < -0.4 is 5.73 Å². The van der Waals surface area contributed by atoms with Gasteiger partial charge in [0.2, 0.25) is 0 Å². The van der Waals surface area contributed by atoms with E-state index in [2.05, 4.69) is 0 Å². The highest BCUT2D eigenvalue weighted by molar-refractivity contribution is 5.72. The molecule has 2 fully saturated rings. The van der Waals surface area contributed by atoms with Crippen LogP contribution in [0.2, 0.25) is 0 Å².